The van der Waals surface area contributed by atoms with E-state index in [1.807, 2.05) is 6.07 Å². The molecule has 2 aliphatic rings. The van der Waals surface area contributed by atoms with Crippen LogP contribution in [-0.2, 0) is 12.8 Å². The number of fused-ring (bicyclic) bond motifs is 1. The normalized spacial score (nSPS) is 20.2. The first-order valence-electron chi connectivity index (χ1n) is 8.58. The van der Waals surface area contributed by atoms with Gasteiger partial charge in [-0.1, -0.05) is 0 Å². The van der Waals surface area contributed by atoms with Gasteiger partial charge >= 0.3 is 0 Å². The molecule has 1 saturated heterocycles. The van der Waals surface area contributed by atoms with E-state index in [2.05, 4.69) is 26.6 Å². The summed E-state index contributed by atoms with van der Waals surface area (Å²) in [4.78, 5) is 18.1. The van der Waals surface area contributed by atoms with Crippen LogP contribution in [-0.4, -0.2) is 38.7 Å². The van der Waals surface area contributed by atoms with E-state index in [-0.39, 0.29) is 5.69 Å². The van der Waals surface area contributed by atoms with Crippen molar-refractivity contribution in [2.45, 2.75) is 45.1 Å². The Morgan fingerprint density at radius 2 is 2.08 bits per heavy atom. The minimum absolute atomic E-state index is 0.203. The maximum absolute atomic E-state index is 11.1. The predicted molar refractivity (Wildman–Crippen MR) is 90.0 cm³/mol. The lowest BCUT2D eigenvalue weighted by Crippen LogP contribution is -2.24. The standard InChI is InChI=1S/C17H22N6O/c1-11-19-13-4-2-3-5-15(13)23(11)12-8-9-22(10-12)16-7-6-14(17(18)24)20-21-16/h6-7,12H,2-5,8-10H2,1H3,(H2,18,24)/t12-/m1/s1. The number of hydrogen-bond donors (Lipinski definition) is 1. The molecular formula is C17H22N6O. The van der Waals surface area contributed by atoms with Crippen molar-refractivity contribution in [2.24, 2.45) is 5.73 Å². The van der Waals surface area contributed by atoms with E-state index >= 15 is 0 Å². The maximum Gasteiger partial charge on any atom is 0.269 e. The minimum Gasteiger partial charge on any atom is -0.364 e. The lowest BCUT2D eigenvalue weighted by atomic mass is 10.0. The Labute approximate surface area is 140 Å². The molecule has 7 nitrogen and oxygen atoms in total. The fourth-order valence-electron chi connectivity index (χ4n) is 3.97. The van der Waals surface area contributed by atoms with Crippen LogP contribution in [0.2, 0.25) is 0 Å². The van der Waals surface area contributed by atoms with Crippen LogP contribution in [0.5, 0.6) is 0 Å². The molecule has 3 heterocycles. The van der Waals surface area contributed by atoms with E-state index in [4.69, 9.17) is 10.7 Å². The van der Waals surface area contributed by atoms with Crippen molar-refractivity contribution in [1.82, 2.24) is 19.7 Å². The number of rotatable bonds is 3. The van der Waals surface area contributed by atoms with Gasteiger partial charge in [-0.3, -0.25) is 4.79 Å². The summed E-state index contributed by atoms with van der Waals surface area (Å²) in [5.41, 5.74) is 8.15. The third-order valence-corrected chi connectivity index (χ3v) is 5.10. The maximum atomic E-state index is 11.1. The molecule has 0 unspecified atom stereocenters. The van der Waals surface area contributed by atoms with E-state index < -0.39 is 5.91 Å². The van der Waals surface area contributed by atoms with Gasteiger partial charge in [-0.15, -0.1) is 10.2 Å². The van der Waals surface area contributed by atoms with Crippen LogP contribution < -0.4 is 10.6 Å². The summed E-state index contributed by atoms with van der Waals surface area (Å²) in [6, 6.07) is 3.89. The number of carbonyl (C=O) groups excluding carboxylic acids is 1. The number of nitrogens with zero attached hydrogens (tertiary/aromatic N) is 5. The average Bonchev–Trinajstić information content (AvgIpc) is 3.18. The quantitative estimate of drug-likeness (QED) is 0.921. The predicted octanol–water partition coefficient (Wildman–Crippen LogP) is 1.41. The second kappa shape index (κ2) is 5.89. The molecule has 4 rings (SSSR count). The van der Waals surface area contributed by atoms with Crippen molar-refractivity contribution < 1.29 is 4.79 Å². The van der Waals surface area contributed by atoms with Crippen LogP contribution >= 0.6 is 0 Å². The second-order valence-electron chi connectivity index (χ2n) is 6.66. The number of nitrogens with two attached hydrogens (primary N) is 1. The van der Waals surface area contributed by atoms with E-state index in [1.165, 1.54) is 24.2 Å². The molecule has 0 aromatic carbocycles. The van der Waals surface area contributed by atoms with Gasteiger partial charge in [0, 0.05) is 18.8 Å². The molecule has 1 aliphatic carbocycles. The zero-order chi connectivity index (χ0) is 16.7. The number of aromatic nitrogens is 4. The fraction of sp³-hybridized carbons (Fsp3) is 0.529. The molecule has 24 heavy (non-hydrogen) atoms. The molecular weight excluding hydrogens is 304 g/mol. The molecule has 2 aromatic heterocycles. The Hall–Kier alpha value is -2.44. The van der Waals surface area contributed by atoms with E-state index in [1.54, 1.807) is 6.07 Å². The molecule has 1 aliphatic heterocycles. The van der Waals surface area contributed by atoms with Crippen LogP contribution in [0.1, 0.15) is 53.0 Å². The van der Waals surface area contributed by atoms with Crippen molar-refractivity contribution in [1.29, 1.82) is 0 Å². The lowest BCUT2D eigenvalue weighted by molar-refractivity contribution is 0.0994. The highest BCUT2D eigenvalue weighted by Gasteiger charge is 2.29. The lowest BCUT2D eigenvalue weighted by Gasteiger charge is -2.21. The van der Waals surface area contributed by atoms with Crippen molar-refractivity contribution >= 4 is 11.7 Å². The van der Waals surface area contributed by atoms with Gasteiger partial charge in [0.15, 0.2) is 11.5 Å². The van der Waals surface area contributed by atoms with Gasteiger partial charge in [0.05, 0.1) is 11.7 Å². The molecule has 0 radical (unpaired) electrons. The van der Waals surface area contributed by atoms with Crippen molar-refractivity contribution in [3.63, 3.8) is 0 Å². The molecule has 1 amide bonds. The van der Waals surface area contributed by atoms with Crippen LogP contribution in [0.15, 0.2) is 12.1 Å². The Morgan fingerprint density at radius 3 is 2.83 bits per heavy atom. The third kappa shape index (κ3) is 2.53. The van der Waals surface area contributed by atoms with Gasteiger partial charge in [0.1, 0.15) is 5.82 Å². The van der Waals surface area contributed by atoms with Crippen molar-refractivity contribution in [3.8, 4) is 0 Å². The molecule has 2 aromatic rings. The molecule has 0 spiro atoms. The van der Waals surface area contributed by atoms with E-state index in [9.17, 15) is 4.79 Å². The van der Waals surface area contributed by atoms with Gasteiger partial charge in [-0.2, -0.15) is 0 Å². The first kappa shape index (κ1) is 15.1. The SMILES string of the molecule is Cc1nc2c(n1[C@@H]1CCN(c3ccc(C(N)=O)nn3)C1)CCCC2. The zero-order valence-corrected chi connectivity index (χ0v) is 13.9. The summed E-state index contributed by atoms with van der Waals surface area (Å²) >= 11 is 0. The topological polar surface area (TPSA) is 89.9 Å². The summed E-state index contributed by atoms with van der Waals surface area (Å²) in [6.45, 7) is 3.94. The van der Waals surface area contributed by atoms with Crippen LogP contribution in [0, 0.1) is 6.92 Å². The number of aryl methyl sites for hydroxylation is 2. The third-order valence-electron chi connectivity index (χ3n) is 5.10. The first-order valence-corrected chi connectivity index (χ1v) is 8.58. The number of primary amides is 1. The Balaban J connectivity index is 1.54. The number of imidazole rings is 1. The number of hydrogen-bond acceptors (Lipinski definition) is 5. The van der Waals surface area contributed by atoms with Crippen LogP contribution in [0.4, 0.5) is 5.82 Å². The Bertz CT molecular complexity index is 766. The molecule has 7 heteroatoms. The smallest absolute Gasteiger partial charge is 0.269 e. The largest absolute Gasteiger partial charge is 0.364 e. The number of amides is 1. The highest BCUT2D eigenvalue weighted by Crippen LogP contribution is 2.31. The first-order chi connectivity index (χ1) is 11.6. The summed E-state index contributed by atoms with van der Waals surface area (Å²) in [6.07, 6.45) is 5.83. The summed E-state index contributed by atoms with van der Waals surface area (Å²) < 4.78 is 2.44. The molecule has 1 fully saturated rings. The van der Waals surface area contributed by atoms with Gasteiger partial charge in [-0.05, 0) is 51.2 Å². The van der Waals surface area contributed by atoms with Crippen LogP contribution in [0.3, 0.4) is 0 Å². The summed E-state index contributed by atoms with van der Waals surface area (Å²) in [7, 11) is 0. The van der Waals surface area contributed by atoms with E-state index in [0.717, 1.165) is 44.0 Å². The van der Waals surface area contributed by atoms with Gasteiger partial charge in [0.2, 0.25) is 0 Å². The second-order valence-corrected chi connectivity index (χ2v) is 6.66. The average molecular weight is 326 g/mol. The van der Waals surface area contributed by atoms with Gasteiger partial charge < -0.3 is 15.2 Å². The molecule has 0 saturated carbocycles. The minimum atomic E-state index is -0.547. The van der Waals surface area contributed by atoms with Crippen LogP contribution in [0.25, 0.3) is 0 Å². The number of carbonyl (C=O) groups is 1. The molecule has 126 valence electrons. The van der Waals surface area contributed by atoms with Crippen molar-refractivity contribution in [3.05, 3.63) is 35.0 Å². The van der Waals surface area contributed by atoms with Gasteiger partial charge in [0.25, 0.3) is 5.91 Å². The highest BCUT2D eigenvalue weighted by molar-refractivity contribution is 5.90. The summed E-state index contributed by atoms with van der Waals surface area (Å²) in [5, 5.41) is 8.07. The van der Waals surface area contributed by atoms with Gasteiger partial charge in [-0.25, -0.2) is 4.98 Å². The Kier molecular flexibility index (Phi) is 3.70. The fourth-order valence-corrected chi connectivity index (χ4v) is 3.97. The molecule has 2 N–H and O–H groups in total. The Morgan fingerprint density at radius 1 is 1.25 bits per heavy atom. The molecule has 0 bridgehead atoms. The number of anilines is 1. The van der Waals surface area contributed by atoms with E-state index in [0.29, 0.717) is 6.04 Å². The molecule has 1 atom stereocenters. The monoisotopic (exact) mass is 326 g/mol. The van der Waals surface area contributed by atoms with Crippen molar-refractivity contribution in [2.75, 3.05) is 18.0 Å². The zero-order valence-electron chi connectivity index (χ0n) is 13.9. The summed E-state index contributed by atoms with van der Waals surface area (Å²) in [5.74, 6) is 1.38. The highest BCUT2D eigenvalue weighted by atomic mass is 16.1.